The first-order valence-corrected chi connectivity index (χ1v) is 12.6. The van der Waals surface area contributed by atoms with Crippen LogP contribution in [0.3, 0.4) is 0 Å². The van der Waals surface area contributed by atoms with Gasteiger partial charge in [0.05, 0.1) is 24.8 Å². The molecule has 3 unspecified atom stereocenters. The second-order valence-corrected chi connectivity index (χ2v) is 10.5. The molecule has 0 radical (unpaired) electrons. The van der Waals surface area contributed by atoms with E-state index >= 15 is 0 Å². The topological polar surface area (TPSA) is 209 Å². The Labute approximate surface area is 219 Å². The molecule has 1 aromatic carbocycles. The summed E-state index contributed by atoms with van der Waals surface area (Å²) >= 11 is 0. The van der Waals surface area contributed by atoms with Gasteiger partial charge in [0.15, 0.2) is 17.6 Å². The maximum absolute atomic E-state index is 13.5. The van der Waals surface area contributed by atoms with Gasteiger partial charge in [0, 0.05) is 18.7 Å². The second-order valence-electron chi connectivity index (χ2n) is 10.5. The highest BCUT2D eigenvalue weighted by molar-refractivity contribution is 5.98. The average Bonchev–Trinajstić information content (AvgIpc) is 3.32. The number of aliphatic imine (C=N–C) groups is 2. The van der Waals surface area contributed by atoms with E-state index in [4.69, 9.17) is 20.9 Å². The first kappa shape index (κ1) is 25.9. The molecular weight excluding hydrogens is 496 g/mol. The Kier molecular flexibility index (Phi) is 6.06. The van der Waals surface area contributed by atoms with E-state index in [9.17, 15) is 19.8 Å². The van der Waals surface area contributed by atoms with Gasteiger partial charge in [0.25, 0.3) is 5.91 Å². The van der Waals surface area contributed by atoms with E-state index in [0.717, 1.165) is 12.0 Å². The van der Waals surface area contributed by atoms with Gasteiger partial charge in [0.1, 0.15) is 17.8 Å². The number of carbonyl (C=O) groups excluding carboxylic acids is 2. The number of guanidine groups is 2. The highest BCUT2D eigenvalue weighted by Crippen LogP contribution is 2.45. The van der Waals surface area contributed by atoms with Gasteiger partial charge in [-0.2, -0.15) is 0 Å². The fourth-order valence-corrected chi connectivity index (χ4v) is 5.81. The van der Waals surface area contributed by atoms with Gasteiger partial charge in [-0.05, 0) is 24.8 Å². The minimum Gasteiger partial charge on any atom is -0.492 e. The lowest BCUT2D eigenvalue weighted by atomic mass is 9.79. The Bertz CT molecular complexity index is 1220. The van der Waals surface area contributed by atoms with Gasteiger partial charge in [-0.25, -0.2) is 14.8 Å². The van der Waals surface area contributed by atoms with Crippen LogP contribution in [0.2, 0.25) is 0 Å². The number of carbonyl (C=O) groups is 2. The molecule has 38 heavy (non-hydrogen) atoms. The van der Waals surface area contributed by atoms with E-state index in [1.165, 1.54) is 4.90 Å². The smallest absolute Gasteiger partial charge is 0.407 e. The highest BCUT2D eigenvalue weighted by Gasteiger charge is 2.73. The maximum atomic E-state index is 13.5. The molecule has 4 aliphatic heterocycles. The van der Waals surface area contributed by atoms with Gasteiger partial charge >= 0.3 is 6.09 Å². The number of hydrogen-bond donors (Lipinski definition) is 7. The van der Waals surface area contributed by atoms with Crippen molar-refractivity contribution < 1.29 is 29.3 Å². The van der Waals surface area contributed by atoms with E-state index < -0.39 is 41.6 Å². The number of amides is 2. The van der Waals surface area contributed by atoms with Crippen molar-refractivity contribution in [1.82, 2.24) is 20.9 Å². The van der Waals surface area contributed by atoms with Crippen molar-refractivity contribution in [3.8, 4) is 5.75 Å². The van der Waals surface area contributed by atoms with Crippen LogP contribution in [0.5, 0.6) is 5.75 Å². The van der Waals surface area contributed by atoms with E-state index in [0.29, 0.717) is 17.9 Å². The molecule has 4 heterocycles. The van der Waals surface area contributed by atoms with Crippen molar-refractivity contribution in [2.45, 2.75) is 62.2 Å². The molecule has 0 saturated carbocycles. The summed E-state index contributed by atoms with van der Waals surface area (Å²) in [6.07, 6.45) is 0.147. The molecule has 0 bridgehead atoms. The fraction of sp³-hybridized carbons (Fsp3) is 0.583. The van der Waals surface area contributed by atoms with Crippen molar-refractivity contribution >= 4 is 23.9 Å². The normalized spacial score (nSPS) is 29.9. The number of nitrogens with one attached hydrogen (secondary N) is 3. The lowest BCUT2D eigenvalue weighted by Gasteiger charge is -2.48. The summed E-state index contributed by atoms with van der Waals surface area (Å²) in [7, 11) is 0. The Balaban J connectivity index is 1.43. The van der Waals surface area contributed by atoms with Gasteiger partial charge in [0.2, 0.25) is 5.79 Å². The summed E-state index contributed by atoms with van der Waals surface area (Å²) in [5.74, 6) is -2.74. The number of alkyl carbamates (subject to hydrolysis) is 1. The van der Waals surface area contributed by atoms with Crippen molar-refractivity contribution in [3.63, 3.8) is 0 Å². The second kappa shape index (κ2) is 8.91. The van der Waals surface area contributed by atoms with Crippen LogP contribution in [0.15, 0.2) is 28.2 Å². The molecule has 5 rings (SSSR count). The Morgan fingerprint density at radius 3 is 2.79 bits per heavy atom. The highest BCUT2D eigenvalue weighted by atomic mass is 16.5. The first-order chi connectivity index (χ1) is 17.9. The molecule has 4 aliphatic rings. The number of nitrogens with zero attached hydrogens (tertiary/aromatic N) is 3. The lowest BCUT2D eigenvalue weighted by molar-refractivity contribution is -0.230. The number of para-hydroxylation sites is 1. The third-order valence-electron chi connectivity index (χ3n) is 7.80. The van der Waals surface area contributed by atoms with Crippen LogP contribution in [-0.2, 0) is 10.2 Å². The maximum Gasteiger partial charge on any atom is 0.407 e. The van der Waals surface area contributed by atoms with Crippen LogP contribution in [0.25, 0.3) is 0 Å². The van der Waals surface area contributed by atoms with Crippen LogP contribution in [0.1, 0.15) is 43.1 Å². The van der Waals surface area contributed by atoms with Crippen LogP contribution >= 0.6 is 0 Å². The summed E-state index contributed by atoms with van der Waals surface area (Å²) in [5.41, 5.74) is 11.5. The molecule has 2 amide bonds. The zero-order chi connectivity index (χ0) is 27.5. The predicted octanol–water partition coefficient (Wildman–Crippen LogP) is -1.73. The minimum atomic E-state index is -2.60. The largest absolute Gasteiger partial charge is 0.492 e. The lowest BCUT2D eigenvalue weighted by Crippen LogP contribution is -2.78. The summed E-state index contributed by atoms with van der Waals surface area (Å²) < 4.78 is 10.8. The van der Waals surface area contributed by atoms with Crippen molar-refractivity contribution in [3.05, 3.63) is 29.3 Å². The van der Waals surface area contributed by atoms with E-state index in [1.54, 1.807) is 19.1 Å². The van der Waals surface area contributed by atoms with Crippen molar-refractivity contribution in [2.24, 2.45) is 21.5 Å². The molecule has 0 aliphatic carbocycles. The number of fused-ring (bicyclic) bond motifs is 1. The fourth-order valence-electron chi connectivity index (χ4n) is 5.81. The molecule has 14 heteroatoms. The van der Waals surface area contributed by atoms with Crippen molar-refractivity contribution in [2.75, 3.05) is 26.3 Å². The number of nitrogens with two attached hydrogens (primary N) is 2. The quantitative estimate of drug-likeness (QED) is 0.214. The number of rotatable bonds is 5. The molecule has 4 atom stereocenters. The van der Waals surface area contributed by atoms with Gasteiger partial charge < -0.3 is 52.0 Å². The molecular formula is C24H34N8O6. The summed E-state index contributed by atoms with van der Waals surface area (Å²) in [4.78, 5) is 35.6. The zero-order valence-electron chi connectivity index (χ0n) is 21.5. The van der Waals surface area contributed by atoms with Gasteiger partial charge in [-0.15, -0.1) is 0 Å². The first-order valence-electron chi connectivity index (χ1n) is 12.6. The third-order valence-corrected chi connectivity index (χ3v) is 7.80. The third kappa shape index (κ3) is 3.77. The monoisotopic (exact) mass is 530 g/mol. The number of aliphatic hydroxyl groups is 2. The van der Waals surface area contributed by atoms with Crippen LogP contribution in [0, 0.1) is 0 Å². The number of benzene rings is 1. The van der Waals surface area contributed by atoms with E-state index in [-0.39, 0.29) is 37.0 Å². The molecule has 14 nitrogen and oxygen atoms in total. The molecule has 206 valence electrons. The standard InChI is InChI=1S/C24H34N8O6/c1-4-37-21(34)27-10-14-17-23(31-19(25)30-17)24(35,36)15(11-32(23)20(26)28-14)29-18(33)12-6-5-7-13-16(12)38-9-8-22(13,2)3/h5-7,14-15,17,35-36H,4,8-11H2,1-3H3,(H2,26,28)(H,27,34)(H,29,33)(H3,25,30,31)/t14-,15?,17?,23?/m0/s1. The summed E-state index contributed by atoms with van der Waals surface area (Å²) in [6.45, 7) is 6.34. The SMILES string of the molecule is CCOC(=O)NC[C@@H]1N=C(N)N2CC(NC(=O)c3cccc4c3OCCC4(C)C)C(O)(O)C23NC(N)=NC13. The molecule has 1 saturated heterocycles. The predicted molar refractivity (Wildman–Crippen MR) is 136 cm³/mol. The summed E-state index contributed by atoms with van der Waals surface area (Å²) in [6, 6.07) is 2.37. The Hall–Kier alpha value is -3.78. The van der Waals surface area contributed by atoms with Crippen LogP contribution in [-0.4, -0.2) is 94.9 Å². The van der Waals surface area contributed by atoms with Crippen LogP contribution in [0.4, 0.5) is 4.79 Å². The Morgan fingerprint density at radius 2 is 2.05 bits per heavy atom. The van der Waals surface area contributed by atoms with Crippen molar-refractivity contribution in [1.29, 1.82) is 0 Å². The average molecular weight is 531 g/mol. The van der Waals surface area contributed by atoms with E-state index in [1.807, 2.05) is 6.07 Å². The van der Waals surface area contributed by atoms with Crippen LogP contribution < -0.4 is 32.2 Å². The van der Waals surface area contributed by atoms with Gasteiger partial charge in [-0.1, -0.05) is 26.0 Å². The minimum absolute atomic E-state index is 0.0271. The Morgan fingerprint density at radius 1 is 1.29 bits per heavy atom. The number of hydrogen-bond acceptors (Lipinski definition) is 12. The number of ether oxygens (including phenoxy) is 2. The molecule has 1 spiro atoms. The van der Waals surface area contributed by atoms with E-state index in [2.05, 4.69) is 39.8 Å². The molecule has 1 fully saturated rings. The van der Waals surface area contributed by atoms with Gasteiger partial charge in [-0.3, -0.25) is 4.79 Å². The molecule has 0 aromatic heterocycles. The zero-order valence-corrected chi connectivity index (χ0v) is 21.5. The molecule has 1 aromatic rings. The molecule has 9 N–H and O–H groups in total. The summed E-state index contributed by atoms with van der Waals surface area (Å²) in [5, 5.41) is 31.4.